The summed E-state index contributed by atoms with van der Waals surface area (Å²) in [5.74, 6) is -0.0363. The van der Waals surface area contributed by atoms with Gasteiger partial charge in [-0.05, 0) is 54.7 Å². The fraction of sp³-hybridized carbons (Fsp3) is 0.333. The van der Waals surface area contributed by atoms with Gasteiger partial charge in [0.2, 0.25) is 5.75 Å². The van der Waals surface area contributed by atoms with Gasteiger partial charge in [-0.2, -0.15) is 0 Å². The maximum atomic E-state index is 12.3. The summed E-state index contributed by atoms with van der Waals surface area (Å²) in [6, 6.07) is 8.81. The number of carbonyl (C=O) groups excluding carboxylic acids is 2. The minimum atomic E-state index is -0.664. The largest absolute Gasteiger partial charge is 0.493 e. The van der Waals surface area contributed by atoms with E-state index in [0.717, 1.165) is 19.3 Å². The van der Waals surface area contributed by atoms with Crippen molar-refractivity contribution >= 4 is 17.6 Å². The molecule has 1 N–H and O–H groups in total. The fourth-order valence-corrected chi connectivity index (χ4v) is 3.26. The van der Waals surface area contributed by atoms with Gasteiger partial charge >= 0.3 is 5.97 Å². The zero-order valence-corrected chi connectivity index (χ0v) is 16.2. The molecule has 3 rings (SSSR count). The Bertz CT molecular complexity index is 867. The molecule has 7 nitrogen and oxygen atoms in total. The van der Waals surface area contributed by atoms with Gasteiger partial charge in [-0.25, -0.2) is 4.79 Å². The molecule has 148 valence electrons. The van der Waals surface area contributed by atoms with E-state index in [0.29, 0.717) is 22.9 Å². The summed E-state index contributed by atoms with van der Waals surface area (Å²) in [6.45, 7) is -0.396. The van der Waals surface area contributed by atoms with Crippen molar-refractivity contribution in [3.05, 3.63) is 47.0 Å². The van der Waals surface area contributed by atoms with Crippen molar-refractivity contribution < 1.29 is 28.5 Å². The van der Waals surface area contributed by atoms with Crippen LogP contribution < -0.4 is 19.5 Å². The van der Waals surface area contributed by atoms with Gasteiger partial charge in [0, 0.05) is 5.69 Å². The predicted molar refractivity (Wildman–Crippen MR) is 103 cm³/mol. The molecule has 0 saturated carbocycles. The summed E-state index contributed by atoms with van der Waals surface area (Å²) in [6.07, 6.45) is 3.24. The van der Waals surface area contributed by atoms with Gasteiger partial charge in [0.05, 0.1) is 26.9 Å². The number of rotatable bonds is 7. The van der Waals surface area contributed by atoms with Gasteiger partial charge in [-0.1, -0.05) is 6.07 Å². The Balaban J connectivity index is 1.62. The number of ether oxygens (including phenoxy) is 4. The third-order valence-electron chi connectivity index (χ3n) is 4.62. The quantitative estimate of drug-likeness (QED) is 0.738. The molecule has 0 atom stereocenters. The van der Waals surface area contributed by atoms with Crippen LogP contribution in [0.5, 0.6) is 17.2 Å². The molecule has 1 aliphatic rings. The molecule has 0 unspecified atom stereocenters. The summed E-state index contributed by atoms with van der Waals surface area (Å²) < 4.78 is 20.8. The summed E-state index contributed by atoms with van der Waals surface area (Å²) in [5.41, 5.74) is 3.48. The summed E-state index contributed by atoms with van der Waals surface area (Å²) in [7, 11) is 4.38. The zero-order chi connectivity index (χ0) is 20.1. The molecule has 0 aromatic heterocycles. The lowest BCUT2D eigenvalue weighted by Gasteiger charge is -2.14. The van der Waals surface area contributed by atoms with Gasteiger partial charge in [0.25, 0.3) is 5.91 Å². The van der Waals surface area contributed by atoms with Gasteiger partial charge < -0.3 is 24.3 Å². The first-order valence-electron chi connectivity index (χ1n) is 8.94. The third kappa shape index (κ3) is 4.19. The Morgan fingerprint density at radius 1 is 0.929 bits per heavy atom. The van der Waals surface area contributed by atoms with Crippen molar-refractivity contribution in [2.45, 2.75) is 19.3 Å². The average Bonchev–Trinajstić information content (AvgIpc) is 3.18. The summed E-state index contributed by atoms with van der Waals surface area (Å²) in [5, 5.41) is 2.76. The number of benzene rings is 2. The van der Waals surface area contributed by atoms with Gasteiger partial charge in [0.1, 0.15) is 0 Å². The fourth-order valence-electron chi connectivity index (χ4n) is 3.26. The lowest BCUT2D eigenvalue weighted by Crippen LogP contribution is -2.21. The molecular weight excluding hydrogens is 362 g/mol. The second-order valence-corrected chi connectivity index (χ2v) is 6.38. The first-order chi connectivity index (χ1) is 13.5. The predicted octanol–water partition coefficient (Wildman–Crippen LogP) is 3.00. The second kappa shape index (κ2) is 8.65. The van der Waals surface area contributed by atoms with E-state index in [1.54, 1.807) is 0 Å². The molecule has 2 aromatic carbocycles. The van der Waals surface area contributed by atoms with E-state index in [1.807, 2.05) is 18.2 Å². The van der Waals surface area contributed by atoms with Crippen molar-refractivity contribution in [3.63, 3.8) is 0 Å². The Hall–Kier alpha value is -3.22. The normalized spacial score (nSPS) is 12.1. The van der Waals surface area contributed by atoms with E-state index < -0.39 is 18.5 Å². The standard InChI is InChI=1S/C21H23NO6/c1-25-17-10-15(11-18(26-2)20(17)27-3)21(24)28-12-19(23)22-16-8-7-13-5-4-6-14(13)9-16/h7-11H,4-6,12H2,1-3H3,(H,22,23). The molecule has 0 spiro atoms. The van der Waals surface area contributed by atoms with Crippen LogP contribution >= 0.6 is 0 Å². The van der Waals surface area contributed by atoms with Crippen LogP contribution in [0.2, 0.25) is 0 Å². The van der Waals surface area contributed by atoms with Crippen molar-refractivity contribution in [1.29, 1.82) is 0 Å². The number of methoxy groups -OCH3 is 3. The Morgan fingerprint density at radius 3 is 2.25 bits per heavy atom. The van der Waals surface area contributed by atoms with Crippen LogP contribution in [0, 0.1) is 0 Å². The second-order valence-electron chi connectivity index (χ2n) is 6.38. The van der Waals surface area contributed by atoms with E-state index in [4.69, 9.17) is 18.9 Å². The number of aryl methyl sites for hydroxylation is 2. The Kier molecular flexibility index (Phi) is 6.03. The number of nitrogens with one attached hydrogen (secondary N) is 1. The first kappa shape index (κ1) is 19.5. The summed E-state index contributed by atoms with van der Waals surface area (Å²) in [4.78, 5) is 24.5. The number of anilines is 1. The van der Waals surface area contributed by atoms with E-state index in [9.17, 15) is 9.59 Å². The van der Waals surface area contributed by atoms with Crippen LogP contribution in [0.1, 0.15) is 27.9 Å². The highest BCUT2D eigenvalue weighted by Gasteiger charge is 2.19. The number of hydrogen-bond donors (Lipinski definition) is 1. The Morgan fingerprint density at radius 2 is 1.61 bits per heavy atom. The zero-order valence-electron chi connectivity index (χ0n) is 16.2. The van der Waals surface area contributed by atoms with E-state index >= 15 is 0 Å². The maximum absolute atomic E-state index is 12.3. The van der Waals surface area contributed by atoms with Crippen LogP contribution in [0.25, 0.3) is 0 Å². The molecule has 0 fully saturated rings. The molecule has 28 heavy (non-hydrogen) atoms. The minimum Gasteiger partial charge on any atom is -0.493 e. The molecule has 0 heterocycles. The average molecular weight is 385 g/mol. The lowest BCUT2D eigenvalue weighted by atomic mass is 10.1. The summed E-state index contributed by atoms with van der Waals surface area (Å²) >= 11 is 0. The van der Waals surface area contributed by atoms with Crippen molar-refractivity contribution in [3.8, 4) is 17.2 Å². The van der Waals surface area contributed by atoms with Gasteiger partial charge in [-0.3, -0.25) is 4.79 Å². The molecule has 0 radical (unpaired) electrons. The Labute approximate surface area is 163 Å². The van der Waals surface area contributed by atoms with Crippen LogP contribution in [-0.2, 0) is 22.4 Å². The highest BCUT2D eigenvalue weighted by atomic mass is 16.5. The van der Waals surface area contributed by atoms with Crippen molar-refractivity contribution in [2.24, 2.45) is 0 Å². The van der Waals surface area contributed by atoms with Crippen LogP contribution in [0.3, 0.4) is 0 Å². The van der Waals surface area contributed by atoms with Crippen LogP contribution in [0.15, 0.2) is 30.3 Å². The number of esters is 1. The monoisotopic (exact) mass is 385 g/mol. The van der Waals surface area contributed by atoms with Crippen LogP contribution in [-0.4, -0.2) is 39.8 Å². The third-order valence-corrected chi connectivity index (χ3v) is 4.62. The molecule has 0 saturated heterocycles. The van der Waals surface area contributed by atoms with Gasteiger partial charge in [0.15, 0.2) is 18.1 Å². The van der Waals surface area contributed by atoms with E-state index in [1.165, 1.54) is 44.6 Å². The number of carbonyl (C=O) groups is 2. The van der Waals surface area contributed by atoms with E-state index in [2.05, 4.69) is 5.32 Å². The molecular formula is C21H23NO6. The molecule has 1 amide bonds. The number of amides is 1. The number of hydrogen-bond acceptors (Lipinski definition) is 6. The smallest absolute Gasteiger partial charge is 0.338 e. The SMILES string of the molecule is COc1cc(C(=O)OCC(=O)Nc2ccc3c(c2)CCC3)cc(OC)c1OC. The number of fused-ring (bicyclic) bond motifs is 1. The van der Waals surface area contributed by atoms with E-state index in [-0.39, 0.29) is 5.56 Å². The highest BCUT2D eigenvalue weighted by molar-refractivity contribution is 5.96. The molecule has 0 aliphatic heterocycles. The highest BCUT2D eigenvalue weighted by Crippen LogP contribution is 2.38. The van der Waals surface area contributed by atoms with Crippen LogP contribution in [0.4, 0.5) is 5.69 Å². The molecule has 2 aromatic rings. The van der Waals surface area contributed by atoms with Crippen molar-refractivity contribution in [1.82, 2.24) is 0 Å². The topological polar surface area (TPSA) is 83.1 Å². The molecule has 1 aliphatic carbocycles. The molecule has 0 bridgehead atoms. The van der Waals surface area contributed by atoms with Gasteiger partial charge in [-0.15, -0.1) is 0 Å². The lowest BCUT2D eigenvalue weighted by molar-refractivity contribution is -0.119. The maximum Gasteiger partial charge on any atom is 0.338 e. The minimum absolute atomic E-state index is 0.194. The van der Waals surface area contributed by atoms with Crippen molar-refractivity contribution in [2.75, 3.05) is 33.3 Å². The first-order valence-corrected chi connectivity index (χ1v) is 8.94. The molecule has 7 heteroatoms.